The number of hydrogen-bond donors (Lipinski definition) is 1. The third-order valence-corrected chi connectivity index (χ3v) is 4.64. The highest BCUT2D eigenvalue weighted by Crippen LogP contribution is 2.22. The number of aryl methyl sites for hydroxylation is 1. The molecule has 1 aromatic heterocycles. The average molecular weight is 383 g/mol. The predicted molar refractivity (Wildman–Crippen MR) is 101 cm³/mol. The largest absolute Gasteiger partial charge is 0.455 e. The summed E-state index contributed by atoms with van der Waals surface area (Å²) >= 11 is 1.36. The molecule has 0 saturated carbocycles. The molecule has 0 aliphatic carbocycles. The van der Waals surface area contributed by atoms with Crippen LogP contribution in [-0.4, -0.2) is 34.4 Å². The molecule has 3 rings (SSSR count). The fraction of sp³-hybridized carbons (Fsp3) is 0.158. The molecule has 3 aromatic rings. The zero-order chi connectivity index (χ0) is 19.1. The Labute approximate surface area is 160 Å². The van der Waals surface area contributed by atoms with Gasteiger partial charge in [0.15, 0.2) is 6.61 Å². The van der Waals surface area contributed by atoms with Gasteiger partial charge in [-0.1, -0.05) is 41.5 Å². The first kappa shape index (κ1) is 18.7. The topological polar surface area (TPSA) is 94.3 Å². The number of anilines is 1. The lowest BCUT2D eigenvalue weighted by atomic mass is 10.2. The number of carbonyl (C=O) groups is 2. The summed E-state index contributed by atoms with van der Waals surface area (Å²) in [7, 11) is 0. The van der Waals surface area contributed by atoms with Crippen molar-refractivity contribution in [1.29, 1.82) is 0 Å². The maximum atomic E-state index is 11.9. The zero-order valence-electron chi connectivity index (χ0n) is 14.5. The van der Waals surface area contributed by atoms with Crippen molar-refractivity contribution in [1.82, 2.24) is 10.2 Å². The Kier molecular flexibility index (Phi) is 6.22. The molecule has 7 nitrogen and oxygen atoms in total. The van der Waals surface area contributed by atoms with Gasteiger partial charge in [-0.3, -0.25) is 14.9 Å². The summed E-state index contributed by atoms with van der Waals surface area (Å²) in [6, 6.07) is 16.9. The number of esters is 1. The van der Waals surface area contributed by atoms with Crippen LogP contribution in [-0.2, 0) is 14.3 Å². The molecule has 0 atom stereocenters. The van der Waals surface area contributed by atoms with Crippen LogP contribution in [0, 0.1) is 6.92 Å². The van der Waals surface area contributed by atoms with Gasteiger partial charge in [0.05, 0.1) is 5.75 Å². The number of rotatable bonds is 7. The molecule has 138 valence electrons. The summed E-state index contributed by atoms with van der Waals surface area (Å²) in [6.45, 7) is 1.55. The number of carbonyl (C=O) groups excluding carboxylic acids is 2. The van der Waals surface area contributed by atoms with Crippen LogP contribution in [0.15, 0.2) is 63.9 Å². The summed E-state index contributed by atoms with van der Waals surface area (Å²) in [5.41, 5.74) is 1.82. The molecular formula is C19H17N3O4S. The molecule has 1 N–H and O–H groups in total. The van der Waals surface area contributed by atoms with Gasteiger partial charge in [-0.15, -0.1) is 16.9 Å². The molecule has 0 fully saturated rings. The van der Waals surface area contributed by atoms with E-state index < -0.39 is 18.5 Å². The van der Waals surface area contributed by atoms with E-state index in [2.05, 4.69) is 15.5 Å². The van der Waals surface area contributed by atoms with Crippen molar-refractivity contribution < 1.29 is 18.7 Å². The fourth-order valence-corrected chi connectivity index (χ4v) is 3.00. The van der Waals surface area contributed by atoms with Gasteiger partial charge in [-0.05, 0) is 30.7 Å². The van der Waals surface area contributed by atoms with E-state index >= 15 is 0 Å². The highest BCUT2D eigenvalue weighted by molar-refractivity contribution is 8.00. The minimum atomic E-state index is -0.549. The summed E-state index contributed by atoms with van der Waals surface area (Å²) in [5, 5.41) is 10.0. The second kappa shape index (κ2) is 9.00. The van der Waals surface area contributed by atoms with E-state index in [9.17, 15) is 9.59 Å². The Morgan fingerprint density at radius 2 is 1.81 bits per heavy atom. The SMILES string of the molecule is Cc1ccccc1SCC(=O)OCC(=O)Nc1nnc(-c2ccccc2)o1. The van der Waals surface area contributed by atoms with Crippen LogP contribution >= 0.6 is 11.8 Å². The number of amides is 1. The van der Waals surface area contributed by atoms with Gasteiger partial charge >= 0.3 is 12.0 Å². The first-order chi connectivity index (χ1) is 13.1. The van der Waals surface area contributed by atoms with Crippen LogP contribution in [0.1, 0.15) is 5.56 Å². The van der Waals surface area contributed by atoms with Gasteiger partial charge < -0.3 is 9.15 Å². The third kappa shape index (κ3) is 5.42. The summed E-state index contributed by atoms with van der Waals surface area (Å²) in [4.78, 5) is 24.7. The van der Waals surface area contributed by atoms with Crippen molar-refractivity contribution in [3.63, 3.8) is 0 Å². The quantitative estimate of drug-likeness (QED) is 0.494. The van der Waals surface area contributed by atoms with Crippen LogP contribution < -0.4 is 5.32 Å². The number of benzene rings is 2. The van der Waals surface area contributed by atoms with Gasteiger partial charge in [-0.2, -0.15) is 0 Å². The van der Waals surface area contributed by atoms with Crippen LogP contribution in [0.2, 0.25) is 0 Å². The van der Waals surface area contributed by atoms with Crippen molar-refractivity contribution in [2.45, 2.75) is 11.8 Å². The second-order valence-electron chi connectivity index (χ2n) is 5.54. The number of aromatic nitrogens is 2. The Hall–Kier alpha value is -3.13. The molecular weight excluding hydrogens is 366 g/mol. The second-order valence-corrected chi connectivity index (χ2v) is 6.56. The maximum Gasteiger partial charge on any atom is 0.322 e. The van der Waals surface area contributed by atoms with E-state index in [0.29, 0.717) is 0 Å². The minimum Gasteiger partial charge on any atom is -0.455 e. The van der Waals surface area contributed by atoms with Crippen LogP contribution in [0.3, 0.4) is 0 Å². The standard InChI is InChI=1S/C19H17N3O4S/c1-13-7-5-6-10-15(13)27-12-17(24)25-11-16(23)20-19-22-21-18(26-19)14-8-3-2-4-9-14/h2-10H,11-12H2,1H3,(H,20,22,23). The number of hydrogen-bond acceptors (Lipinski definition) is 7. The third-order valence-electron chi connectivity index (χ3n) is 3.50. The lowest BCUT2D eigenvalue weighted by Gasteiger charge is -2.06. The van der Waals surface area contributed by atoms with Gasteiger partial charge in [0.25, 0.3) is 5.91 Å². The summed E-state index contributed by atoms with van der Waals surface area (Å²) in [6.07, 6.45) is 0. The molecule has 0 radical (unpaired) electrons. The number of nitrogens with zero attached hydrogens (tertiary/aromatic N) is 2. The van der Waals surface area contributed by atoms with Crippen LogP contribution in [0.4, 0.5) is 6.01 Å². The number of thioether (sulfide) groups is 1. The van der Waals surface area contributed by atoms with Crippen molar-refractivity contribution in [3.05, 3.63) is 60.2 Å². The monoisotopic (exact) mass is 383 g/mol. The Morgan fingerprint density at radius 3 is 2.59 bits per heavy atom. The molecule has 0 spiro atoms. The lowest BCUT2D eigenvalue weighted by molar-refractivity contribution is -0.144. The molecule has 0 bridgehead atoms. The molecule has 0 aliphatic rings. The first-order valence-corrected chi connectivity index (χ1v) is 9.13. The van der Waals surface area contributed by atoms with E-state index in [1.54, 1.807) is 0 Å². The smallest absolute Gasteiger partial charge is 0.322 e. The van der Waals surface area contributed by atoms with E-state index in [1.165, 1.54) is 11.8 Å². The molecule has 2 aromatic carbocycles. The Balaban J connectivity index is 1.44. The van der Waals surface area contributed by atoms with Crippen molar-refractivity contribution >= 4 is 29.7 Å². The highest BCUT2D eigenvalue weighted by atomic mass is 32.2. The fourth-order valence-electron chi connectivity index (χ4n) is 2.17. The van der Waals surface area contributed by atoms with Gasteiger partial charge in [-0.25, -0.2) is 0 Å². The summed E-state index contributed by atoms with van der Waals surface area (Å²) in [5.74, 6) is -0.615. The molecule has 0 aliphatic heterocycles. The van der Waals surface area contributed by atoms with Gasteiger partial charge in [0.2, 0.25) is 5.89 Å². The normalized spacial score (nSPS) is 10.4. The first-order valence-electron chi connectivity index (χ1n) is 8.14. The van der Waals surface area contributed by atoms with Gasteiger partial charge in [0.1, 0.15) is 0 Å². The molecule has 0 unspecified atom stereocenters. The Morgan fingerprint density at radius 1 is 1.07 bits per heavy atom. The van der Waals surface area contributed by atoms with E-state index in [-0.39, 0.29) is 17.7 Å². The molecule has 0 saturated heterocycles. The lowest BCUT2D eigenvalue weighted by Crippen LogP contribution is -2.21. The van der Waals surface area contributed by atoms with Crippen LogP contribution in [0.25, 0.3) is 11.5 Å². The van der Waals surface area contributed by atoms with E-state index in [0.717, 1.165) is 16.0 Å². The van der Waals surface area contributed by atoms with Crippen molar-refractivity contribution in [2.24, 2.45) is 0 Å². The van der Waals surface area contributed by atoms with Gasteiger partial charge in [0, 0.05) is 10.5 Å². The number of nitrogens with one attached hydrogen (secondary N) is 1. The minimum absolute atomic E-state index is 0.0517. The summed E-state index contributed by atoms with van der Waals surface area (Å²) < 4.78 is 10.3. The van der Waals surface area contributed by atoms with E-state index in [4.69, 9.17) is 9.15 Å². The molecule has 8 heteroatoms. The molecule has 1 heterocycles. The van der Waals surface area contributed by atoms with Crippen molar-refractivity contribution in [2.75, 3.05) is 17.7 Å². The molecule has 1 amide bonds. The predicted octanol–water partition coefficient (Wildman–Crippen LogP) is 3.32. The maximum absolute atomic E-state index is 11.9. The van der Waals surface area contributed by atoms with E-state index in [1.807, 2.05) is 61.5 Å². The average Bonchev–Trinajstić information content (AvgIpc) is 3.15. The number of ether oxygens (including phenoxy) is 1. The zero-order valence-corrected chi connectivity index (χ0v) is 15.4. The Bertz CT molecular complexity index is 927. The highest BCUT2D eigenvalue weighted by Gasteiger charge is 2.13. The van der Waals surface area contributed by atoms with Crippen molar-refractivity contribution in [3.8, 4) is 11.5 Å². The van der Waals surface area contributed by atoms with Crippen LogP contribution in [0.5, 0.6) is 0 Å². The molecule has 27 heavy (non-hydrogen) atoms.